The van der Waals surface area contributed by atoms with Crippen molar-refractivity contribution >= 4 is 23.1 Å². The van der Waals surface area contributed by atoms with Gasteiger partial charge in [0.1, 0.15) is 5.69 Å². The molecule has 1 N–H and O–H groups in total. The Morgan fingerprint density at radius 2 is 2.33 bits per heavy atom. The van der Waals surface area contributed by atoms with E-state index in [0.29, 0.717) is 17.3 Å². The number of nitrogens with one attached hydrogen (secondary N) is 1. The Bertz CT molecular complexity index is 678. The van der Waals surface area contributed by atoms with E-state index in [1.54, 1.807) is 10.9 Å². The Labute approximate surface area is 129 Å². The molecule has 1 aromatic carbocycles. The monoisotopic (exact) mass is 303 g/mol. The van der Waals surface area contributed by atoms with E-state index in [1.165, 1.54) is 0 Å². The first-order chi connectivity index (χ1) is 10.2. The molecule has 2 aromatic rings. The summed E-state index contributed by atoms with van der Waals surface area (Å²) >= 11 is 6.19. The zero-order chi connectivity index (χ0) is 14.8. The Kier molecular flexibility index (Phi) is 3.97. The standard InChI is InChI=1S/C16H18ClN3O/c1-2-9-20-15(13(17)10-19-20)16(21)12-5-3-7-14-11(12)6-4-8-18-14/h3,5,7,10,18H,2,4,6,8-9H2,1H3. The molecule has 0 amide bonds. The smallest absolute Gasteiger partial charge is 0.212 e. The van der Waals surface area contributed by atoms with Crippen molar-refractivity contribution < 1.29 is 4.79 Å². The Balaban J connectivity index is 2.05. The van der Waals surface area contributed by atoms with Crippen LogP contribution in [0.2, 0.25) is 5.02 Å². The van der Waals surface area contributed by atoms with E-state index in [9.17, 15) is 4.79 Å². The van der Waals surface area contributed by atoms with Gasteiger partial charge < -0.3 is 5.32 Å². The van der Waals surface area contributed by atoms with Crippen LogP contribution in [0.25, 0.3) is 0 Å². The number of aryl methyl sites for hydroxylation is 1. The van der Waals surface area contributed by atoms with Crippen LogP contribution in [-0.4, -0.2) is 22.1 Å². The summed E-state index contributed by atoms with van der Waals surface area (Å²) in [4.78, 5) is 12.9. The van der Waals surface area contributed by atoms with E-state index in [2.05, 4.69) is 17.3 Å². The molecule has 4 nitrogen and oxygen atoms in total. The minimum Gasteiger partial charge on any atom is -0.385 e. The number of benzene rings is 1. The molecule has 3 rings (SSSR count). The summed E-state index contributed by atoms with van der Waals surface area (Å²) in [6.07, 6.45) is 4.42. The molecule has 0 bridgehead atoms. The molecule has 2 heterocycles. The number of hydrogen-bond acceptors (Lipinski definition) is 3. The molecule has 0 saturated heterocycles. The molecule has 0 fully saturated rings. The van der Waals surface area contributed by atoms with Crippen LogP contribution in [0.5, 0.6) is 0 Å². The van der Waals surface area contributed by atoms with Crippen LogP contribution in [0.1, 0.15) is 41.4 Å². The number of rotatable bonds is 4. The molecule has 0 saturated carbocycles. The fraction of sp³-hybridized carbons (Fsp3) is 0.375. The highest BCUT2D eigenvalue weighted by Gasteiger charge is 2.23. The fourth-order valence-electron chi connectivity index (χ4n) is 2.82. The zero-order valence-electron chi connectivity index (χ0n) is 12.0. The number of anilines is 1. The molecule has 21 heavy (non-hydrogen) atoms. The second-order valence-electron chi connectivity index (χ2n) is 5.26. The minimum atomic E-state index is -0.0356. The van der Waals surface area contributed by atoms with Gasteiger partial charge in [-0.05, 0) is 30.9 Å². The van der Waals surface area contributed by atoms with E-state index in [0.717, 1.165) is 42.6 Å². The Hall–Kier alpha value is -1.81. The van der Waals surface area contributed by atoms with Crippen molar-refractivity contribution in [2.45, 2.75) is 32.7 Å². The van der Waals surface area contributed by atoms with Gasteiger partial charge in [-0.3, -0.25) is 9.48 Å². The van der Waals surface area contributed by atoms with Crippen LogP contribution in [0.15, 0.2) is 24.4 Å². The van der Waals surface area contributed by atoms with Gasteiger partial charge in [-0.25, -0.2) is 0 Å². The molecule has 0 spiro atoms. The molecule has 1 aliphatic rings. The van der Waals surface area contributed by atoms with E-state index in [-0.39, 0.29) is 5.78 Å². The number of halogens is 1. The third-order valence-electron chi connectivity index (χ3n) is 3.78. The fourth-order valence-corrected chi connectivity index (χ4v) is 3.05. The van der Waals surface area contributed by atoms with Gasteiger partial charge in [0.15, 0.2) is 0 Å². The Morgan fingerprint density at radius 1 is 1.48 bits per heavy atom. The van der Waals surface area contributed by atoms with Gasteiger partial charge >= 0.3 is 0 Å². The van der Waals surface area contributed by atoms with Crippen LogP contribution in [0, 0.1) is 0 Å². The highest BCUT2D eigenvalue weighted by atomic mass is 35.5. The van der Waals surface area contributed by atoms with Gasteiger partial charge in [-0.15, -0.1) is 0 Å². The van der Waals surface area contributed by atoms with Gasteiger partial charge in [0.05, 0.1) is 11.2 Å². The second-order valence-corrected chi connectivity index (χ2v) is 5.66. The molecule has 0 aliphatic carbocycles. The summed E-state index contributed by atoms with van der Waals surface area (Å²) in [7, 11) is 0. The van der Waals surface area contributed by atoms with Gasteiger partial charge in [0.2, 0.25) is 5.78 Å². The summed E-state index contributed by atoms with van der Waals surface area (Å²) in [5.74, 6) is -0.0356. The summed E-state index contributed by atoms with van der Waals surface area (Å²) in [5, 5.41) is 7.99. The third-order valence-corrected chi connectivity index (χ3v) is 4.06. The SMILES string of the molecule is CCCn1ncc(Cl)c1C(=O)c1cccc2c1CCCN2. The summed E-state index contributed by atoms with van der Waals surface area (Å²) in [5.41, 5.74) is 3.38. The normalized spacial score (nSPS) is 13.6. The van der Waals surface area contributed by atoms with Crippen LogP contribution in [0.3, 0.4) is 0 Å². The van der Waals surface area contributed by atoms with Crippen molar-refractivity contribution in [2.24, 2.45) is 0 Å². The lowest BCUT2D eigenvalue weighted by molar-refractivity contribution is 0.102. The number of carbonyl (C=O) groups is 1. The van der Waals surface area contributed by atoms with Crippen LogP contribution >= 0.6 is 11.6 Å². The predicted molar refractivity (Wildman–Crippen MR) is 84.2 cm³/mol. The molecular formula is C16H18ClN3O. The predicted octanol–water partition coefficient (Wildman–Crippen LogP) is 3.54. The average molecular weight is 304 g/mol. The molecule has 0 radical (unpaired) electrons. The highest BCUT2D eigenvalue weighted by molar-refractivity contribution is 6.34. The first-order valence-corrected chi connectivity index (χ1v) is 7.72. The lowest BCUT2D eigenvalue weighted by atomic mass is 9.94. The quantitative estimate of drug-likeness (QED) is 0.879. The number of hydrogen-bond donors (Lipinski definition) is 1. The number of ketones is 1. The van der Waals surface area contributed by atoms with Crippen LogP contribution in [-0.2, 0) is 13.0 Å². The number of carbonyl (C=O) groups excluding carboxylic acids is 1. The number of fused-ring (bicyclic) bond motifs is 1. The van der Waals surface area contributed by atoms with Gasteiger partial charge in [0, 0.05) is 24.3 Å². The van der Waals surface area contributed by atoms with Crippen LogP contribution in [0.4, 0.5) is 5.69 Å². The van der Waals surface area contributed by atoms with Crippen molar-refractivity contribution in [3.63, 3.8) is 0 Å². The first-order valence-electron chi connectivity index (χ1n) is 7.34. The highest BCUT2D eigenvalue weighted by Crippen LogP contribution is 2.28. The summed E-state index contributed by atoms with van der Waals surface area (Å²) < 4.78 is 1.71. The topological polar surface area (TPSA) is 46.9 Å². The van der Waals surface area contributed by atoms with E-state index in [4.69, 9.17) is 11.6 Å². The minimum absolute atomic E-state index is 0.0356. The molecule has 110 valence electrons. The maximum Gasteiger partial charge on any atom is 0.212 e. The molecule has 0 unspecified atom stereocenters. The molecule has 0 atom stereocenters. The van der Waals surface area contributed by atoms with E-state index < -0.39 is 0 Å². The molecule has 1 aromatic heterocycles. The van der Waals surface area contributed by atoms with Gasteiger partial charge in [0.25, 0.3) is 0 Å². The third kappa shape index (κ3) is 2.56. The van der Waals surface area contributed by atoms with Crippen LogP contribution < -0.4 is 5.32 Å². The molecule has 5 heteroatoms. The zero-order valence-corrected chi connectivity index (χ0v) is 12.8. The largest absolute Gasteiger partial charge is 0.385 e. The first kappa shape index (κ1) is 14.1. The molecule has 1 aliphatic heterocycles. The van der Waals surface area contributed by atoms with Crippen molar-refractivity contribution in [1.29, 1.82) is 0 Å². The van der Waals surface area contributed by atoms with Crippen molar-refractivity contribution in [1.82, 2.24) is 9.78 Å². The van der Waals surface area contributed by atoms with Crippen molar-refractivity contribution in [2.75, 3.05) is 11.9 Å². The van der Waals surface area contributed by atoms with E-state index >= 15 is 0 Å². The summed E-state index contributed by atoms with van der Waals surface area (Å²) in [6, 6.07) is 5.82. The lowest BCUT2D eigenvalue weighted by Gasteiger charge is -2.20. The number of nitrogens with zero attached hydrogens (tertiary/aromatic N) is 2. The summed E-state index contributed by atoms with van der Waals surface area (Å²) in [6.45, 7) is 3.71. The van der Waals surface area contributed by atoms with E-state index in [1.807, 2.05) is 18.2 Å². The molecular weight excluding hydrogens is 286 g/mol. The Morgan fingerprint density at radius 3 is 3.14 bits per heavy atom. The van der Waals surface area contributed by atoms with Crippen molar-refractivity contribution in [3.8, 4) is 0 Å². The lowest BCUT2D eigenvalue weighted by Crippen LogP contribution is -2.18. The average Bonchev–Trinajstić information content (AvgIpc) is 2.87. The number of aromatic nitrogens is 2. The maximum atomic E-state index is 12.9. The van der Waals surface area contributed by atoms with Gasteiger partial charge in [-0.1, -0.05) is 30.7 Å². The maximum absolute atomic E-state index is 12.9. The van der Waals surface area contributed by atoms with Gasteiger partial charge in [-0.2, -0.15) is 5.10 Å². The van der Waals surface area contributed by atoms with Crippen molar-refractivity contribution in [3.05, 3.63) is 46.2 Å². The second kappa shape index (κ2) is 5.90.